The highest BCUT2D eigenvalue weighted by Gasteiger charge is 2.30. The average molecular weight is 1040 g/mol. The summed E-state index contributed by atoms with van der Waals surface area (Å²) < 4.78 is 48.1. The lowest BCUT2D eigenvalue weighted by Crippen LogP contribution is -2.40. The van der Waals surface area contributed by atoms with Crippen molar-refractivity contribution in [2.75, 3.05) is 32.2 Å². The van der Waals surface area contributed by atoms with Crippen LogP contribution in [0.15, 0.2) is 48.6 Å². The van der Waals surface area contributed by atoms with Crippen molar-refractivity contribution in [1.82, 2.24) is 0 Å². The van der Waals surface area contributed by atoms with Gasteiger partial charge in [0, 0.05) is 23.8 Å². The summed E-state index contributed by atoms with van der Waals surface area (Å²) in [6.07, 6.45) is 34.4. The number of phosphoric acid groups is 2. The quantitative estimate of drug-likeness (QED) is 0.00981. The summed E-state index contributed by atoms with van der Waals surface area (Å²) in [5, 5.41) is 29.3. The Morgan fingerprint density at radius 3 is 1.83 bits per heavy atom. The molecule has 0 aliphatic carbocycles. The summed E-state index contributed by atoms with van der Waals surface area (Å²) in [5.41, 5.74) is 6.20. The van der Waals surface area contributed by atoms with E-state index < -0.39 is 89.6 Å². The highest BCUT2D eigenvalue weighted by molar-refractivity contribution is 8.00. The highest BCUT2D eigenvalue weighted by atomic mass is 32.2. The van der Waals surface area contributed by atoms with Gasteiger partial charge < -0.3 is 45.2 Å². The van der Waals surface area contributed by atoms with E-state index in [0.717, 1.165) is 56.2 Å². The Labute approximate surface area is 417 Å². The van der Waals surface area contributed by atoms with Crippen LogP contribution in [0.5, 0.6) is 0 Å². The number of aliphatic carboxylic acids is 1. The summed E-state index contributed by atoms with van der Waals surface area (Å²) in [4.78, 5) is 64.9. The van der Waals surface area contributed by atoms with Crippen molar-refractivity contribution in [1.29, 1.82) is 0 Å². The van der Waals surface area contributed by atoms with Crippen LogP contribution in [0.2, 0.25) is 0 Å². The minimum atomic E-state index is -4.97. The molecule has 0 saturated carbocycles. The molecule has 0 bridgehead atoms. The van der Waals surface area contributed by atoms with Crippen molar-refractivity contribution >= 4 is 45.3 Å². The number of aliphatic hydroxyl groups excluding tert-OH is 2. The molecule has 0 heterocycles. The maximum Gasteiger partial charge on any atom is 0.472 e. The number of carboxylic acid groups (broad SMARTS) is 1. The van der Waals surface area contributed by atoms with Gasteiger partial charge >= 0.3 is 33.6 Å². The predicted octanol–water partition coefficient (Wildman–Crippen LogP) is 10.2. The number of rotatable bonds is 47. The van der Waals surface area contributed by atoms with E-state index in [1.165, 1.54) is 83.5 Å². The number of esters is 2. The number of ether oxygens (including phenoxy) is 2. The zero-order valence-electron chi connectivity index (χ0n) is 41.7. The standard InChI is InChI=1S/C49H89NO16P2S/c1-4-5-6-7-8-9-10-16-19-22-25-28-33-46(45(52)32-30-34-47(53)54)69-40-44(50)49(56)66-43(39-65-68(60,61)64-37-42(51)36-63-67(57,58)59)38-62-48(55)35-29-26-23-20-17-14-12-11-13-15-18-21-24-27-31-41(2)3/h8-9,16,19,22,25,28,33,41-46,51-52H,4-7,10-15,17-18,20-21,23-24,26-27,29-32,34-40,50H2,1-3H3,(H,53,54)(H,60,61)(H2,57,58,59)/b9-8-,19-16-,25-22+,33-28+/t42-,43+,44-,45-,46+/m0/s1. The third-order valence-corrected chi connectivity index (χ3v) is 13.5. The van der Waals surface area contributed by atoms with E-state index >= 15 is 0 Å². The summed E-state index contributed by atoms with van der Waals surface area (Å²) in [6, 6.07) is -1.29. The number of thioether (sulfide) groups is 1. The Bertz CT molecular complexity index is 1540. The summed E-state index contributed by atoms with van der Waals surface area (Å²) in [6.45, 7) is 3.50. The molecule has 0 spiro atoms. The number of unbranched alkanes of at least 4 members (excludes halogenated alkanes) is 16. The first-order valence-electron chi connectivity index (χ1n) is 25.1. The lowest BCUT2D eigenvalue weighted by Gasteiger charge is -2.23. The van der Waals surface area contributed by atoms with E-state index in [1.807, 2.05) is 18.2 Å². The molecular formula is C49H89NO16P2S. The molecule has 0 saturated heterocycles. The second-order valence-electron chi connectivity index (χ2n) is 17.8. The maximum absolute atomic E-state index is 13.2. The Morgan fingerprint density at radius 2 is 1.23 bits per heavy atom. The Kier molecular flexibility index (Phi) is 42.0. The van der Waals surface area contributed by atoms with Gasteiger partial charge in [-0.05, 0) is 44.4 Å². The van der Waals surface area contributed by atoms with Crippen molar-refractivity contribution < 1.29 is 76.6 Å². The summed E-state index contributed by atoms with van der Waals surface area (Å²) >= 11 is 1.13. The van der Waals surface area contributed by atoms with Crippen LogP contribution < -0.4 is 5.73 Å². The van der Waals surface area contributed by atoms with Gasteiger partial charge in [0.1, 0.15) is 18.8 Å². The number of carbonyl (C=O) groups is 3. The lowest BCUT2D eigenvalue weighted by atomic mass is 10.0. The van der Waals surface area contributed by atoms with Gasteiger partial charge in [-0.2, -0.15) is 0 Å². The maximum atomic E-state index is 13.2. The number of hydrogen-bond donors (Lipinski definition) is 7. The van der Waals surface area contributed by atoms with Crippen molar-refractivity contribution in [3.05, 3.63) is 48.6 Å². The van der Waals surface area contributed by atoms with E-state index in [4.69, 9.17) is 39.1 Å². The van der Waals surface area contributed by atoms with Crippen LogP contribution in [0.1, 0.15) is 175 Å². The van der Waals surface area contributed by atoms with Crippen LogP contribution in [0.3, 0.4) is 0 Å². The molecule has 17 nitrogen and oxygen atoms in total. The van der Waals surface area contributed by atoms with Gasteiger partial charge in [0.05, 0.1) is 25.9 Å². The number of phosphoric ester groups is 2. The smallest absolute Gasteiger partial charge is 0.472 e. The van der Waals surface area contributed by atoms with Gasteiger partial charge in [0.25, 0.3) is 0 Å². The normalized spacial score (nSPS) is 15.6. The molecule has 0 fully saturated rings. The fraction of sp³-hybridized carbons (Fsp3) is 0.776. The van der Waals surface area contributed by atoms with Crippen molar-refractivity contribution in [3.63, 3.8) is 0 Å². The molecule has 0 radical (unpaired) electrons. The monoisotopic (exact) mass is 1040 g/mol. The third-order valence-electron chi connectivity index (χ3n) is 10.6. The van der Waals surface area contributed by atoms with E-state index in [-0.39, 0.29) is 31.4 Å². The largest absolute Gasteiger partial charge is 0.481 e. The Balaban J connectivity index is 5.29. The molecule has 8 N–H and O–H groups in total. The Morgan fingerprint density at radius 1 is 0.652 bits per heavy atom. The first kappa shape index (κ1) is 66.8. The molecule has 0 aliphatic heterocycles. The molecule has 402 valence electrons. The van der Waals surface area contributed by atoms with Crippen LogP contribution in [0.25, 0.3) is 0 Å². The zero-order chi connectivity index (χ0) is 51.6. The molecule has 69 heavy (non-hydrogen) atoms. The minimum absolute atomic E-state index is 0.0691. The first-order valence-corrected chi connectivity index (χ1v) is 29.2. The van der Waals surface area contributed by atoms with Gasteiger partial charge in [-0.15, -0.1) is 11.8 Å². The van der Waals surface area contributed by atoms with Gasteiger partial charge in [-0.3, -0.25) is 28.0 Å². The molecule has 6 atom stereocenters. The van der Waals surface area contributed by atoms with E-state index in [9.17, 15) is 38.6 Å². The van der Waals surface area contributed by atoms with Crippen LogP contribution in [-0.2, 0) is 46.6 Å². The molecule has 0 aliphatic rings. The zero-order valence-corrected chi connectivity index (χ0v) is 44.3. The SMILES string of the molecule is CCCCC/C=C\C\C=C/C=C/C=C/[C@@H](SC[C@H](N)C(=O)O[C@H](COC(=O)CCCCCCCCCCCCCCCCC(C)C)COP(=O)(O)OC[C@@H](O)COP(=O)(O)O)[C@@H](O)CCCC(=O)O. The number of carbonyl (C=O) groups excluding carboxylic acids is 2. The second-order valence-corrected chi connectivity index (χ2v) is 21.7. The van der Waals surface area contributed by atoms with E-state index in [2.05, 4.69) is 37.4 Å². The molecule has 0 aromatic carbocycles. The van der Waals surface area contributed by atoms with Crippen LogP contribution in [0.4, 0.5) is 0 Å². The van der Waals surface area contributed by atoms with Gasteiger partial charge in [0.2, 0.25) is 0 Å². The second kappa shape index (κ2) is 43.4. The molecular weight excluding hydrogens is 953 g/mol. The average Bonchev–Trinajstić information content (AvgIpc) is 3.28. The first-order chi connectivity index (χ1) is 32.8. The topological polar surface area (TPSA) is 279 Å². The van der Waals surface area contributed by atoms with Crippen molar-refractivity contribution in [3.8, 4) is 0 Å². The minimum Gasteiger partial charge on any atom is -0.481 e. The summed E-state index contributed by atoms with van der Waals surface area (Å²) in [7, 11) is -9.90. The fourth-order valence-corrected chi connectivity index (χ4v) is 8.95. The molecule has 0 aromatic rings. The number of nitrogens with two attached hydrogens (primary N) is 1. The molecule has 0 aromatic heterocycles. The predicted molar refractivity (Wildman–Crippen MR) is 272 cm³/mol. The third kappa shape index (κ3) is 45.4. The van der Waals surface area contributed by atoms with E-state index in [0.29, 0.717) is 6.42 Å². The highest BCUT2D eigenvalue weighted by Crippen LogP contribution is 2.44. The number of aliphatic hydroxyl groups is 2. The number of hydrogen-bond acceptors (Lipinski definition) is 14. The van der Waals surface area contributed by atoms with Gasteiger partial charge in [-0.1, -0.05) is 172 Å². The molecule has 1 unspecified atom stereocenters. The molecule has 20 heteroatoms. The molecule has 0 rings (SSSR count). The van der Waals surface area contributed by atoms with Crippen molar-refractivity contribution in [2.45, 2.75) is 204 Å². The van der Waals surface area contributed by atoms with Crippen LogP contribution >= 0.6 is 27.4 Å². The number of allylic oxidation sites excluding steroid dienone is 7. The van der Waals surface area contributed by atoms with Crippen LogP contribution in [0, 0.1) is 5.92 Å². The fourth-order valence-electron chi connectivity index (χ4n) is 6.66. The van der Waals surface area contributed by atoms with E-state index in [1.54, 1.807) is 18.2 Å². The lowest BCUT2D eigenvalue weighted by molar-refractivity contribution is -0.161. The van der Waals surface area contributed by atoms with Gasteiger partial charge in [-0.25, -0.2) is 9.13 Å². The van der Waals surface area contributed by atoms with Crippen molar-refractivity contribution in [2.24, 2.45) is 11.7 Å². The van der Waals surface area contributed by atoms with Crippen LogP contribution in [-0.4, -0.2) is 110 Å². The Hall–Kier alpha value is -2.18. The number of carboxylic acids is 1. The van der Waals surface area contributed by atoms with Gasteiger partial charge in [0.15, 0.2) is 6.10 Å². The summed E-state index contributed by atoms with van der Waals surface area (Å²) in [5.74, 6) is -1.84. The molecule has 0 amide bonds.